The highest BCUT2D eigenvalue weighted by Crippen LogP contribution is 2.60. The van der Waals surface area contributed by atoms with Crippen LogP contribution >= 0.6 is 11.8 Å². The van der Waals surface area contributed by atoms with Crippen LogP contribution in [-0.2, 0) is 11.0 Å². The largest absolute Gasteiger partial charge is 0.497 e. The van der Waals surface area contributed by atoms with E-state index in [2.05, 4.69) is 99.0 Å². The molecule has 0 unspecified atom stereocenters. The van der Waals surface area contributed by atoms with Crippen LogP contribution in [0.1, 0.15) is 54.5 Å². The summed E-state index contributed by atoms with van der Waals surface area (Å²) in [5.41, 5.74) is 7.87. The molecule has 0 aromatic heterocycles. The van der Waals surface area contributed by atoms with Crippen molar-refractivity contribution < 1.29 is 14.2 Å². The average Bonchev–Trinajstić information content (AvgIpc) is 3.38. The second kappa shape index (κ2) is 10.5. The Kier molecular flexibility index (Phi) is 6.78. The Labute approximate surface area is 258 Å². The van der Waals surface area contributed by atoms with Crippen LogP contribution < -0.4 is 14.2 Å². The number of rotatable bonds is 7. The fraction of sp³-hybridized carbons (Fsp3) is 0.231. The lowest BCUT2D eigenvalue weighted by molar-refractivity contribution is 0.163. The van der Waals surface area contributed by atoms with Crippen LogP contribution in [0.5, 0.6) is 17.2 Å². The van der Waals surface area contributed by atoms with Gasteiger partial charge in [-0.25, -0.2) is 0 Å². The Morgan fingerprint density at radius 1 is 0.744 bits per heavy atom. The first kappa shape index (κ1) is 27.7. The Morgan fingerprint density at radius 2 is 1.37 bits per heavy atom. The van der Waals surface area contributed by atoms with Crippen molar-refractivity contribution in [3.63, 3.8) is 0 Å². The van der Waals surface area contributed by atoms with E-state index in [4.69, 9.17) is 14.2 Å². The standard InChI is InChI=1S/C39H36O3S/c1-6-38(7-2)34-11-9-8-10-31(34)35-30-21-20-29(43-5)24-33(30)37-32(36(35)38)22-23-39(42-37,25-12-16-27(40-3)17-13-25)26-14-18-28(41-4)19-15-26/h8-24H,6-7H2,1-5H3. The molecule has 0 saturated carbocycles. The Hall–Kier alpha value is -4.15. The van der Waals surface area contributed by atoms with E-state index in [1.165, 1.54) is 38.1 Å². The van der Waals surface area contributed by atoms with Crippen LogP contribution in [0.3, 0.4) is 0 Å². The predicted octanol–water partition coefficient (Wildman–Crippen LogP) is 10.0. The van der Waals surface area contributed by atoms with Gasteiger partial charge >= 0.3 is 0 Å². The van der Waals surface area contributed by atoms with Gasteiger partial charge < -0.3 is 14.2 Å². The van der Waals surface area contributed by atoms with Gasteiger partial charge in [-0.2, -0.15) is 0 Å². The van der Waals surface area contributed by atoms with Crippen molar-refractivity contribution in [1.82, 2.24) is 0 Å². The van der Waals surface area contributed by atoms with E-state index >= 15 is 0 Å². The molecule has 3 nitrogen and oxygen atoms in total. The molecule has 0 amide bonds. The molecule has 0 fully saturated rings. The summed E-state index contributed by atoms with van der Waals surface area (Å²) in [5.74, 6) is 2.57. The molecule has 0 N–H and O–H groups in total. The summed E-state index contributed by atoms with van der Waals surface area (Å²) in [4.78, 5) is 1.22. The lowest BCUT2D eigenvalue weighted by Gasteiger charge is -2.39. The molecule has 5 aromatic rings. The van der Waals surface area contributed by atoms with Gasteiger partial charge in [-0.3, -0.25) is 0 Å². The minimum Gasteiger partial charge on any atom is -0.497 e. The van der Waals surface area contributed by atoms with Gasteiger partial charge in [0, 0.05) is 32.4 Å². The molecule has 0 atom stereocenters. The van der Waals surface area contributed by atoms with E-state index in [1.807, 2.05) is 24.3 Å². The Bertz CT molecular complexity index is 1820. The highest BCUT2D eigenvalue weighted by molar-refractivity contribution is 7.98. The third-order valence-corrected chi connectivity index (χ3v) is 10.4. The number of fused-ring (bicyclic) bond motifs is 8. The molecule has 1 aliphatic heterocycles. The number of methoxy groups -OCH3 is 2. The van der Waals surface area contributed by atoms with Crippen LogP contribution in [0, 0.1) is 0 Å². The molecule has 43 heavy (non-hydrogen) atoms. The quantitative estimate of drug-likeness (QED) is 0.178. The monoisotopic (exact) mass is 584 g/mol. The summed E-state index contributed by atoms with van der Waals surface area (Å²) in [6, 6.07) is 32.4. The first-order valence-electron chi connectivity index (χ1n) is 15.0. The minimum atomic E-state index is -0.839. The summed E-state index contributed by atoms with van der Waals surface area (Å²) in [6.07, 6.45) is 8.76. The highest BCUT2D eigenvalue weighted by atomic mass is 32.2. The summed E-state index contributed by atoms with van der Waals surface area (Å²) in [7, 11) is 3.40. The van der Waals surface area contributed by atoms with Gasteiger partial charge in [0.25, 0.3) is 0 Å². The molecule has 5 aromatic carbocycles. The summed E-state index contributed by atoms with van der Waals surface area (Å²) in [5, 5.41) is 2.39. The van der Waals surface area contributed by atoms with Crippen LogP contribution in [-0.4, -0.2) is 20.5 Å². The molecule has 216 valence electrons. The van der Waals surface area contributed by atoms with Gasteiger partial charge in [0.15, 0.2) is 5.60 Å². The zero-order chi connectivity index (χ0) is 29.8. The van der Waals surface area contributed by atoms with Crippen molar-refractivity contribution in [2.75, 3.05) is 20.5 Å². The normalized spacial score (nSPS) is 15.4. The van der Waals surface area contributed by atoms with Gasteiger partial charge in [-0.05, 0) is 89.2 Å². The van der Waals surface area contributed by atoms with E-state index in [0.717, 1.165) is 46.6 Å². The fourth-order valence-corrected chi connectivity index (χ4v) is 7.86. The van der Waals surface area contributed by atoms with Crippen molar-refractivity contribution in [3.8, 4) is 28.4 Å². The first-order valence-corrected chi connectivity index (χ1v) is 16.2. The number of benzene rings is 5. The molecule has 7 rings (SSSR count). The lowest BCUT2D eigenvalue weighted by Crippen LogP contribution is -2.35. The Balaban J connectivity index is 1.57. The van der Waals surface area contributed by atoms with Crippen LogP contribution in [0.15, 0.2) is 102 Å². The molecule has 0 bridgehead atoms. The molecule has 0 radical (unpaired) electrons. The van der Waals surface area contributed by atoms with E-state index in [1.54, 1.807) is 26.0 Å². The molecule has 1 heterocycles. The van der Waals surface area contributed by atoms with Crippen molar-refractivity contribution in [2.24, 2.45) is 0 Å². The number of thioether (sulfide) groups is 1. The maximum Gasteiger partial charge on any atom is 0.178 e. The Morgan fingerprint density at radius 3 is 1.95 bits per heavy atom. The predicted molar refractivity (Wildman–Crippen MR) is 179 cm³/mol. The zero-order valence-electron chi connectivity index (χ0n) is 25.4. The van der Waals surface area contributed by atoms with E-state index in [9.17, 15) is 0 Å². The zero-order valence-corrected chi connectivity index (χ0v) is 26.2. The van der Waals surface area contributed by atoms with Crippen molar-refractivity contribution in [2.45, 2.75) is 42.6 Å². The van der Waals surface area contributed by atoms with E-state index < -0.39 is 5.60 Å². The molecule has 1 aliphatic carbocycles. The minimum absolute atomic E-state index is 0.0870. The van der Waals surface area contributed by atoms with Crippen molar-refractivity contribution in [3.05, 3.63) is 125 Å². The second-order valence-corrected chi connectivity index (χ2v) is 12.2. The molecule has 0 saturated heterocycles. The SMILES string of the molecule is CCC1(CC)c2ccccc2-c2c1c1c(c3cc(SC)ccc23)OC(c2ccc(OC)cc2)(c2ccc(OC)cc2)C=C1. The van der Waals surface area contributed by atoms with E-state index in [-0.39, 0.29) is 5.41 Å². The smallest absolute Gasteiger partial charge is 0.178 e. The third kappa shape index (κ3) is 3.96. The highest BCUT2D eigenvalue weighted by Gasteiger charge is 2.46. The summed E-state index contributed by atoms with van der Waals surface area (Å²) >= 11 is 1.76. The van der Waals surface area contributed by atoms with Gasteiger partial charge in [-0.15, -0.1) is 11.8 Å². The van der Waals surface area contributed by atoms with Gasteiger partial charge in [0.1, 0.15) is 17.2 Å². The third-order valence-electron chi connectivity index (χ3n) is 9.69. The lowest BCUT2D eigenvalue weighted by atomic mass is 9.71. The van der Waals surface area contributed by atoms with Gasteiger partial charge in [-0.1, -0.05) is 74.5 Å². The second-order valence-electron chi connectivity index (χ2n) is 11.4. The average molecular weight is 585 g/mol. The number of hydrogen-bond donors (Lipinski definition) is 0. The van der Waals surface area contributed by atoms with Gasteiger partial charge in [0.2, 0.25) is 0 Å². The van der Waals surface area contributed by atoms with Gasteiger partial charge in [0.05, 0.1) is 14.2 Å². The molecule has 0 spiro atoms. The topological polar surface area (TPSA) is 27.7 Å². The molecular formula is C39H36O3S. The molecule has 2 aliphatic rings. The maximum absolute atomic E-state index is 7.48. The van der Waals surface area contributed by atoms with E-state index in [0.29, 0.717) is 0 Å². The van der Waals surface area contributed by atoms with Crippen LogP contribution in [0.4, 0.5) is 0 Å². The maximum atomic E-state index is 7.48. The fourth-order valence-electron chi connectivity index (χ4n) is 7.42. The van der Waals surface area contributed by atoms with Crippen molar-refractivity contribution >= 4 is 28.6 Å². The first-order chi connectivity index (χ1) is 21.0. The van der Waals surface area contributed by atoms with Crippen LogP contribution in [0.2, 0.25) is 0 Å². The summed E-state index contributed by atoms with van der Waals surface area (Å²) < 4.78 is 18.5. The summed E-state index contributed by atoms with van der Waals surface area (Å²) in [6.45, 7) is 4.66. The van der Waals surface area contributed by atoms with Crippen LogP contribution in [0.25, 0.3) is 28.0 Å². The molecule has 4 heteroatoms. The number of ether oxygens (including phenoxy) is 3. The molecular weight excluding hydrogens is 548 g/mol. The number of hydrogen-bond acceptors (Lipinski definition) is 4. The van der Waals surface area contributed by atoms with Crippen molar-refractivity contribution in [1.29, 1.82) is 0 Å².